The van der Waals surface area contributed by atoms with E-state index in [1.54, 1.807) is 11.3 Å². The third kappa shape index (κ3) is 3.75. The van der Waals surface area contributed by atoms with Crippen molar-refractivity contribution in [2.75, 3.05) is 6.61 Å². The summed E-state index contributed by atoms with van der Waals surface area (Å²) in [5.41, 5.74) is 4.53. The van der Waals surface area contributed by atoms with E-state index < -0.39 is 11.9 Å². The summed E-state index contributed by atoms with van der Waals surface area (Å²) in [7, 11) is 0. The molecule has 154 valence electrons. The first-order valence-corrected chi connectivity index (χ1v) is 11.6. The van der Waals surface area contributed by atoms with Gasteiger partial charge in [0.1, 0.15) is 5.01 Å². The third-order valence-electron chi connectivity index (χ3n) is 6.80. The summed E-state index contributed by atoms with van der Waals surface area (Å²) in [6.07, 6.45) is 3.31. The van der Waals surface area contributed by atoms with Crippen molar-refractivity contribution in [1.29, 1.82) is 0 Å². The molecule has 2 bridgehead atoms. The van der Waals surface area contributed by atoms with E-state index in [9.17, 15) is 9.59 Å². The molecule has 0 spiro atoms. The van der Waals surface area contributed by atoms with Crippen LogP contribution in [0.1, 0.15) is 45.7 Å². The maximum absolute atomic E-state index is 12.1. The Labute approximate surface area is 178 Å². The summed E-state index contributed by atoms with van der Waals surface area (Å²) in [6.45, 7) is 6.49. The van der Waals surface area contributed by atoms with Gasteiger partial charge in [-0.3, -0.25) is 9.59 Å². The summed E-state index contributed by atoms with van der Waals surface area (Å²) in [6, 6.07) is 3.96. The smallest absolute Gasteiger partial charge is 0.312 e. The Morgan fingerprint density at radius 3 is 2.83 bits per heavy atom. The van der Waals surface area contributed by atoms with Gasteiger partial charge in [-0.1, -0.05) is 26.8 Å². The van der Waals surface area contributed by atoms with Crippen LogP contribution >= 0.6 is 22.7 Å². The maximum Gasteiger partial charge on any atom is 0.312 e. The van der Waals surface area contributed by atoms with Crippen LogP contribution in [0.3, 0.4) is 0 Å². The molecule has 6 nitrogen and oxygen atoms in total. The molecule has 0 saturated heterocycles. The molecule has 2 aromatic heterocycles. The minimum absolute atomic E-state index is 0.0342. The summed E-state index contributed by atoms with van der Waals surface area (Å²) >= 11 is 3.10. The highest BCUT2D eigenvalue weighted by atomic mass is 32.1. The van der Waals surface area contributed by atoms with Crippen LogP contribution in [0, 0.1) is 16.7 Å². The largest absolute Gasteiger partial charge is 0.455 e. The number of thiophene rings is 1. The molecule has 2 fully saturated rings. The van der Waals surface area contributed by atoms with E-state index in [1.165, 1.54) is 17.8 Å². The van der Waals surface area contributed by atoms with Crippen LogP contribution in [0.15, 0.2) is 28.0 Å². The molecule has 2 saturated carbocycles. The molecule has 2 heterocycles. The van der Waals surface area contributed by atoms with E-state index in [1.807, 2.05) is 22.9 Å². The lowest BCUT2D eigenvalue weighted by atomic mass is 9.70. The Balaban J connectivity index is 1.26. The van der Waals surface area contributed by atoms with E-state index in [2.05, 4.69) is 36.3 Å². The Hall–Kier alpha value is -2.06. The molecule has 8 heteroatoms. The number of ether oxygens (including phenoxy) is 1. The number of hydrogen-bond donors (Lipinski definition) is 1. The van der Waals surface area contributed by atoms with Gasteiger partial charge in [-0.15, -0.1) is 22.7 Å². The van der Waals surface area contributed by atoms with Crippen molar-refractivity contribution in [1.82, 2.24) is 10.4 Å². The minimum Gasteiger partial charge on any atom is -0.455 e. The van der Waals surface area contributed by atoms with Gasteiger partial charge in [0.2, 0.25) is 0 Å². The molecule has 0 aliphatic heterocycles. The van der Waals surface area contributed by atoms with Crippen molar-refractivity contribution in [2.45, 2.75) is 46.5 Å². The molecular formula is C21H25N3O3S2. The number of nitrogens with one attached hydrogen (secondary N) is 1. The summed E-state index contributed by atoms with van der Waals surface area (Å²) < 4.78 is 5.10. The Kier molecular flexibility index (Phi) is 5.33. The molecular weight excluding hydrogens is 406 g/mol. The van der Waals surface area contributed by atoms with Crippen LogP contribution < -0.4 is 5.43 Å². The lowest BCUT2D eigenvalue weighted by molar-refractivity contribution is -0.147. The second-order valence-corrected chi connectivity index (χ2v) is 10.4. The van der Waals surface area contributed by atoms with Crippen molar-refractivity contribution in [3.8, 4) is 9.88 Å². The zero-order chi connectivity index (χ0) is 20.6. The molecule has 4 rings (SSSR count). The molecule has 0 aromatic carbocycles. The van der Waals surface area contributed by atoms with Crippen LogP contribution in [0.25, 0.3) is 9.88 Å². The average Bonchev–Trinajstić information content (AvgIpc) is 3.43. The van der Waals surface area contributed by atoms with E-state index in [-0.39, 0.29) is 23.9 Å². The number of aromatic nitrogens is 1. The fraction of sp³-hybridized carbons (Fsp3) is 0.524. The second kappa shape index (κ2) is 7.65. The number of carbonyl (C=O) groups is 2. The highest BCUT2D eigenvalue weighted by Gasteiger charge is 2.60. The van der Waals surface area contributed by atoms with E-state index in [4.69, 9.17) is 4.74 Å². The molecule has 2 aromatic rings. The summed E-state index contributed by atoms with van der Waals surface area (Å²) in [4.78, 5) is 29.7. The van der Waals surface area contributed by atoms with Gasteiger partial charge in [0.25, 0.3) is 5.91 Å². The molecule has 2 aliphatic carbocycles. The van der Waals surface area contributed by atoms with Crippen molar-refractivity contribution < 1.29 is 14.3 Å². The van der Waals surface area contributed by atoms with Crippen molar-refractivity contribution in [3.63, 3.8) is 0 Å². The number of fused-ring (bicyclic) bond motifs is 2. The highest BCUT2D eigenvalue weighted by Crippen LogP contribution is 2.63. The molecule has 2 aliphatic rings. The van der Waals surface area contributed by atoms with Crippen LogP contribution in [0.4, 0.5) is 0 Å². The van der Waals surface area contributed by atoms with Gasteiger partial charge in [-0.05, 0) is 42.0 Å². The van der Waals surface area contributed by atoms with Crippen molar-refractivity contribution in [2.24, 2.45) is 21.8 Å². The number of amides is 1. The van der Waals surface area contributed by atoms with Gasteiger partial charge in [0.15, 0.2) is 6.61 Å². The predicted octanol–water partition coefficient (Wildman–Crippen LogP) is 4.28. The highest BCUT2D eigenvalue weighted by molar-refractivity contribution is 7.20. The lowest BCUT2D eigenvalue weighted by Gasteiger charge is -2.34. The van der Waals surface area contributed by atoms with Crippen molar-refractivity contribution >= 4 is 40.3 Å². The fourth-order valence-electron chi connectivity index (χ4n) is 4.51. The van der Waals surface area contributed by atoms with Crippen molar-refractivity contribution in [3.05, 3.63) is 28.6 Å². The normalized spacial score (nSPS) is 26.0. The molecule has 1 amide bonds. The molecule has 1 N–H and O–H groups in total. The summed E-state index contributed by atoms with van der Waals surface area (Å²) in [5.74, 6) is -0.255. The van der Waals surface area contributed by atoms with Gasteiger partial charge >= 0.3 is 5.97 Å². The average molecular weight is 432 g/mol. The Morgan fingerprint density at radius 2 is 2.17 bits per heavy atom. The molecule has 2 unspecified atom stereocenters. The number of esters is 1. The first-order chi connectivity index (χ1) is 13.8. The first-order valence-electron chi connectivity index (χ1n) is 9.79. The number of nitrogens with zero attached hydrogens (tertiary/aromatic N) is 2. The van der Waals surface area contributed by atoms with Crippen LogP contribution in [0.2, 0.25) is 0 Å². The van der Waals surface area contributed by atoms with Gasteiger partial charge in [-0.25, -0.2) is 10.4 Å². The second-order valence-electron chi connectivity index (χ2n) is 8.55. The maximum atomic E-state index is 12.1. The summed E-state index contributed by atoms with van der Waals surface area (Å²) in [5, 5.41) is 9.11. The molecule has 29 heavy (non-hydrogen) atoms. The zero-order valence-electron chi connectivity index (χ0n) is 16.9. The number of carbonyl (C=O) groups excluding carboxylic acids is 2. The van der Waals surface area contributed by atoms with Gasteiger partial charge in [0.05, 0.1) is 17.0 Å². The van der Waals surface area contributed by atoms with Crippen LogP contribution in [0.5, 0.6) is 0 Å². The fourth-order valence-corrected chi connectivity index (χ4v) is 6.14. The quantitative estimate of drug-likeness (QED) is 0.547. The monoisotopic (exact) mass is 431 g/mol. The first kappa shape index (κ1) is 20.2. The van der Waals surface area contributed by atoms with Gasteiger partial charge in [0, 0.05) is 16.5 Å². The van der Waals surface area contributed by atoms with Crippen LogP contribution in [-0.2, 0) is 20.7 Å². The lowest BCUT2D eigenvalue weighted by Crippen LogP contribution is -2.35. The van der Waals surface area contributed by atoms with E-state index >= 15 is 0 Å². The minimum atomic E-state index is -0.469. The topological polar surface area (TPSA) is 80.6 Å². The Morgan fingerprint density at radius 1 is 1.34 bits per heavy atom. The zero-order valence-corrected chi connectivity index (χ0v) is 18.5. The number of thiazole rings is 1. The van der Waals surface area contributed by atoms with Crippen LogP contribution in [-0.4, -0.2) is 29.2 Å². The molecule has 2 atom stereocenters. The van der Waals surface area contributed by atoms with E-state index in [0.29, 0.717) is 11.6 Å². The number of rotatable bonds is 6. The Bertz CT molecular complexity index is 948. The van der Waals surface area contributed by atoms with E-state index in [0.717, 1.165) is 28.4 Å². The SMILES string of the molecule is CC12CCC(C/C1=N/NC(=O)COC(=O)Cc1csc(-c3cccs3)n1)C2(C)C. The standard InChI is InChI=1S/C21H25N3O3S2/c1-20(2)13-6-7-21(20,3)16(9-13)23-24-17(25)11-27-18(26)10-14-12-29-19(22-14)15-5-4-8-28-15/h4-5,8,12-13H,6-7,9-11H2,1-3H3,(H,24,25)/b23-16-. The molecule has 0 radical (unpaired) electrons. The third-order valence-corrected chi connectivity index (χ3v) is 8.73. The van der Waals surface area contributed by atoms with Gasteiger partial charge in [-0.2, -0.15) is 5.10 Å². The van der Waals surface area contributed by atoms with Gasteiger partial charge < -0.3 is 4.74 Å². The number of hydrogen-bond acceptors (Lipinski definition) is 7. The predicted molar refractivity (Wildman–Crippen MR) is 115 cm³/mol. The number of hydrazone groups is 1.